The van der Waals surface area contributed by atoms with Crippen molar-refractivity contribution >= 4 is 35.1 Å². The van der Waals surface area contributed by atoms with Gasteiger partial charge in [-0.1, -0.05) is 48.7 Å². The molecule has 4 aliphatic heterocycles. The third-order valence-corrected chi connectivity index (χ3v) is 9.00. The fraction of sp³-hybridized carbons (Fsp3) is 0.567. The maximum absolute atomic E-state index is 14.5. The lowest BCUT2D eigenvalue weighted by molar-refractivity contribution is -0.161. The summed E-state index contributed by atoms with van der Waals surface area (Å²) in [5.41, 5.74) is -2.00. The number of carbonyl (C=O) groups excluding carboxylic acids is 3. The fourth-order valence-corrected chi connectivity index (χ4v) is 6.84. The summed E-state index contributed by atoms with van der Waals surface area (Å²) in [6, 6.07) is 6.09. The maximum atomic E-state index is 14.5. The van der Waals surface area contributed by atoms with Crippen molar-refractivity contribution in [1.82, 2.24) is 4.90 Å². The first-order valence-corrected chi connectivity index (χ1v) is 14.3. The highest BCUT2D eigenvalue weighted by Gasteiger charge is 2.78. The van der Waals surface area contributed by atoms with Gasteiger partial charge in [-0.05, 0) is 63.8 Å². The lowest BCUT2D eigenvalue weighted by Gasteiger charge is -2.37. The Balaban J connectivity index is 1.58. The molecule has 5 rings (SSSR count). The van der Waals surface area contributed by atoms with Gasteiger partial charge in [0.1, 0.15) is 17.6 Å². The van der Waals surface area contributed by atoms with Gasteiger partial charge < -0.3 is 24.4 Å². The number of aliphatic hydroxyl groups is 1. The lowest BCUT2D eigenvalue weighted by atomic mass is 9.65. The number of fused-ring (bicyclic) bond motifs is 2. The fourth-order valence-electron chi connectivity index (χ4n) is 6.72. The molecule has 0 aromatic heterocycles. The molecule has 2 amide bonds. The molecule has 8 nitrogen and oxygen atoms in total. The van der Waals surface area contributed by atoms with E-state index in [2.05, 4.69) is 0 Å². The van der Waals surface area contributed by atoms with E-state index in [9.17, 15) is 14.4 Å². The number of likely N-dealkylation sites (tertiary alicyclic amines) is 1. The van der Waals surface area contributed by atoms with Crippen LogP contribution in [0.4, 0.5) is 5.69 Å². The molecule has 0 radical (unpaired) electrons. The van der Waals surface area contributed by atoms with Gasteiger partial charge in [0, 0.05) is 30.4 Å². The van der Waals surface area contributed by atoms with Crippen molar-refractivity contribution in [3.05, 3.63) is 53.6 Å². The first-order chi connectivity index (χ1) is 18.7. The first kappa shape index (κ1) is 27.9. The van der Waals surface area contributed by atoms with Crippen LogP contribution in [0.2, 0.25) is 5.02 Å². The minimum Gasteiger partial charge on any atom is -0.462 e. The molecule has 1 aromatic rings. The van der Waals surface area contributed by atoms with Gasteiger partial charge in [-0.3, -0.25) is 14.4 Å². The molecular formula is C30H37ClN2O6. The zero-order chi connectivity index (χ0) is 27.8. The number of rotatable bonds is 7. The number of aliphatic hydroxyl groups excluding tert-OH is 1. The highest BCUT2D eigenvalue weighted by atomic mass is 35.5. The van der Waals surface area contributed by atoms with E-state index in [-0.39, 0.29) is 24.5 Å². The van der Waals surface area contributed by atoms with Crippen LogP contribution in [0.1, 0.15) is 52.4 Å². The molecule has 4 aliphatic rings. The van der Waals surface area contributed by atoms with E-state index >= 15 is 0 Å². The number of unbranched alkanes of at least 4 members (excludes halogenated alkanes) is 3. The van der Waals surface area contributed by atoms with Crippen molar-refractivity contribution in [1.29, 1.82) is 0 Å². The smallest absolute Gasteiger partial charge is 0.313 e. The van der Waals surface area contributed by atoms with Gasteiger partial charge in [-0.25, -0.2) is 0 Å². The molecule has 9 heteroatoms. The van der Waals surface area contributed by atoms with Crippen molar-refractivity contribution in [2.45, 2.75) is 76.2 Å². The summed E-state index contributed by atoms with van der Waals surface area (Å²) in [5.74, 6) is -1.87. The van der Waals surface area contributed by atoms with Crippen LogP contribution < -0.4 is 4.90 Å². The molecular weight excluding hydrogens is 520 g/mol. The maximum Gasteiger partial charge on any atom is 0.313 e. The van der Waals surface area contributed by atoms with E-state index in [1.165, 1.54) is 0 Å². The van der Waals surface area contributed by atoms with Crippen LogP contribution in [0.25, 0.3) is 0 Å². The predicted molar refractivity (Wildman–Crippen MR) is 147 cm³/mol. The minimum absolute atomic E-state index is 0.122. The van der Waals surface area contributed by atoms with E-state index in [1.54, 1.807) is 41.0 Å². The van der Waals surface area contributed by atoms with Crippen LogP contribution in [0.5, 0.6) is 0 Å². The van der Waals surface area contributed by atoms with Gasteiger partial charge in [0.15, 0.2) is 0 Å². The van der Waals surface area contributed by atoms with Crippen molar-refractivity contribution in [3.63, 3.8) is 0 Å². The van der Waals surface area contributed by atoms with Crippen molar-refractivity contribution in [3.8, 4) is 0 Å². The predicted octanol–water partition coefficient (Wildman–Crippen LogP) is 4.05. The molecule has 210 valence electrons. The molecule has 1 spiro atoms. The normalized spacial score (nSPS) is 34.9. The number of ether oxygens (including phenoxy) is 2. The van der Waals surface area contributed by atoms with Gasteiger partial charge in [0.25, 0.3) is 5.91 Å². The summed E-state index contributed by atoms with van der Waals surface area (Å²) < 4.78 is 12.6. The molecule has 6 atom stereocenters. The number of benzene rings is 1. The van der Waals surface area contributed by atoms with E-state index in [0.29, 0.717) is 43.1 Å². The monoisotopic (exact) mass is 556 g/mol. The van der Waals surface area contributed by atoms with Crippen molar-refractivity contribution < 1.29 is 29.0 Å². The highest BCUT2D eigenvalue weighted by Crippen LogP contribution is 2.61. The largest absolute Gasteiger partial charge is 0.462 e. The van der Waals surface area contributed by atoms with Gasteiger partial charge in [0.05, 0.1) is 17.6 Å². The van der Waals surface area contributed by atoms with E-state index in [4.69, 9.17) is 26.2 Å². The molecule has 2 saturated heterocycles. The number of esters is 1. The minimum atomic E-state index is -1.34. The van der Waals surface area contributed by atoms with Gasteiger partial charge in [0.2, 0.25) is 5.91 Å². The van der Waals surface area contributed by atoms with E-state index in [0.717, 1.165) is 19.3 Å². The number of hydrogen-bond donors (Lipinski definition) is 1. The number of anilines is 1. The number of cyclic esters (lactones) is 1. The molecule has 39 heavy (non-hydrogen) atoms. The third kappa shape index (κ3) is 4.60. The van der Waals surface area contributed by atoms with Crippen LogP contribution in [-0.2, 0) is 23.9 Å². The van der Waals surface area contributed by atoms with Crippen LogP contribution >= 0.6 is 11.6 Å². The zero-order valence-electron chi connectivity index (χ0n) is 22.6. The Hall–Kier alpha value is -2.68. The van der Waals surface area contributed by atoms with Gasteiger partial charge in [-0.2, -0.15) is 0 Å². The van der Waals surface area contributed by atoms with Crippen LogP contribution in [0.3, 0.4) is 0 Å². The second-order valence-electron chi connectivity index (χ2n) is 11.2. The Labute approximate surface area is 234 Å². The van der Waals surface area contributed by atoms with Crippen molar-refractivity contribution in [2.75, 3.05) is 24.6 Å². The summed E-state index contributed by atoms with van der Waals surface area (Å²) in [6.45, 7) is 4.39. The number of allylic oxidation sites excluding steroid dienone is 1. The molecule has 0 bridgehead atoms. The van der Waals surface area contributed by atoms with Crippen LogP contribution in [0.15, 0.2) is 48.6 Å². The summed E-state index contributed by atoms with van der Waals surface area (Å²) >= 11 is 6.11. The summed E-state index contributed by atoms with van der Waals surface area (Å²) in [5, 5.41) is 9.72. The molecule has 1 N–H and O–H groups in total. The number of amides is 2. The number of nitrogens with zero attached hydrogens (tertiary/aromatic N) is 2. The van der Waals surface area contributed by atoms with Crippen LogP contribution in [0, 0.1) is 11.3 Å². The molecule has 3 unspecified atom stereocenters. The summed E-state index contributed by atoms with van der Waals surface area (Å²) in [7, 11) is 0. The molecule has 4 heterocycles. The van der Waals surface area contributed by atoms with Crippen LogP contribution in [-0.4, -0.2) is 71.3 Å². The first-order valence-electron chi connectivity index (χ1n) is 14.0. The average Bonchev–Trinajstić information content (AvgIpc) is 3.21. The zero-order valence-corrected chi connectivity index (χ0v) is 23.3. The molecule has 2 fully saturated rings. The molecule has 0 aliphatic carbocycles. The summed E-state index contributed by atoms with van der Waals surface area (Å²) in [4.78, 5) is 45.8. The number of carbonyl (C=O) groups is 3. The Morgan fingerprint density at radius 2 is 1.82 bits per heavy atom. The van der Waals surface area contributed by atoms with Gasteiger partial charge >= 0.3 is 5.97 Å². The Morgan fingerprint density at radius 1 is 1.08 bits per heavy atom. The van der Waals surface area contributed by atoms with E-state index in [1.807, 2.05) is 31.2 Å². The van der Waals surface area contributed by atoms with Crippen molar-refractivity contribution in [2.24, 2.45) is 11.3 Å². The van der Waals surface area contributed by atoms with Gasteiger partial charge in [-0.15, -0.1) is 0 Å². The quantitative estimate of drug-likeness (QED) is 0.309. The second kappa shape index (κ2) is 11.1. The standard InChI is InChI=1S/C30H37ClN2O6/c1-20-10-5-6-11-23-24(27(36)38-20)29(2)28(37)33(17-7-3-4-8-19-34)25-26(35)32(18-9-16-30(25,29)39-23)22-14-12-21(31)13-15-22/h6,9,11-16,20,23-25,34H,3-5,7-8,10,17-19H2,1-2H3/b11-6-/t20?,23-,24?,25-,29+,30?/m1/s1. The Kier molecular flexibility index (Phi) is 7.91. The topological polar surface area (TPSA) is 96.4 Å². The number of hydrogen-bond acceptors (Lipinski definition) is 6. The van der Waals surface area contributed by atoms with E-state index < -0.39 is 35.0 Å². The average molecular weight is 557 g/mol. The molecule has 0 saturated carbocycles. The SMILES string of the molecule is CC1CC/C=C\[C@H]2OC34C=CCN(c5ccc(Cl)cc5)C(=O)[C@H]3N(CCCCCCO)C(=O)[C@]4(C)C2C(=O)O1. The highest BCUT2D eigenvalue weighted by molar-refractivity contribution is 6.30. The lowest BCUT2D eigenvalue weighted by Crippen LogP contribution is -2.56. The molecule has 1 aromatic carbocycles. The third-order valence-electron chi connectivity index (χ3n) is 8.75. The summed E-state index contributed by atoms with van der Waals surface area (Å²) in [6.07, 6.45) is 11.0. The second-order valence-corrected chi connectivity index (χ2v) is 11.6. The Bertz CT molecular complexity index is 1170. The Morgan fingerprint density at radius 3 is 2.56 bits per heavy atom. The number of halogens is 1.